The van der Waals surface area contributed by atoms with Crippen molar-refractivity contribution < 1.29 is 50.7 Å². The molecule has 0 bridgehead atoms. The second kappa shape index (κ2) is 11.0. The smallest absolute Gasteiger partial charge is 0.296 e. The molecule has 0 aliphatic carbocycles. The molecule has 0 heterocycles. The first-order valence-corrected chi connectivity index (χ1v) is 14.0. The molecular weight excluding hydrogens is 584 g/mol. The fraction of sp³-hybridized carbons (Fsp3) is 0.0833. The molecule has 214 valence electrons. The third-order valence-corrected chi connectivity index (χ3v) is 7.24. The number of phenols is 3. The second-order valence-electron chi connectivity index (χ2n) is 8.17. The number of hydrogen-bond donors (Lipinski definition) is 5. The first kappa shape index (κ1) is 29.2. The molecule has 0 atom stereocenters. The van der Waals surface area contributed by atoms with Gasteiger partial charge in [-0.1, -0.05) is 0 Å². The highest BCUT2D eigenvalue weighted by Gasteiger charge is 2.25. The predicted octanol–water partition coefficient (Wildman–Crippen LogP) is 5.30. The zero-order chi connectivity index (χ0) is 30.1. The van der Waals surface area contributed by atoms with Gasteiger partial charge in [0.1, 0.15) is 45.0 Å². The van der Waals surface area contributed by atoms with E-state index in [1.54, 1.807) is 0 Å². The largest absolute Gasteiger partial charge is 0.508 e. The average Bonchev–Trinajstić information content (AvgIpc) is 2.90. The Kier molecular flexibility index (Phi) is 7.80. The van der Waals surface area contributed by atoms with Crippen LogP contribution in [-0.2, 0) is 20.2 Å². The van der Waals surface area contributed by atoms with Gasteiger partial charge in [-0.05, 0) is 41.8 Å². The first-order chi connectivity index (χ1) is 19.2. The van der Waals surface area contributed by atoms with Gasteiger partial charge in [-0.3, -0.25) is 9.11 Å². The summed E-state index contributed by atoms with van der Waals surface area (Å²) in [5.74, 6) is -1.57. The minimum absolute atomic E-state index is 0.0420. The number of ether oxygens (including phenoxy) is 2. The van der Waals surface area contributed by atoms with Crippen molar-refractivity contribution in [1.29, 1.82) is 0 Å². The highest BCUT2D eigenvalue weighted by Crippen LogP contribution is 2.47. The molecule has 0 fully saturated rings. The Bertz CT molecular complexity index is 1940. The minimum Gasteiger partial charge on any atom is -0.508 e. The van der Waals surface area contributed by atoms with Crippen molar-refractivity contribution in [1.82, 2.24) is 0 Å². The Labute approximate surface area is 232 Å². The van der Waals surface area contributed by atoms with Crippen LogP contribution in [0.1, 0.15) is 0 Å². The summed E-state index contributed by atoms with van der Waals surface area (Å²) < 4.78 is 77.0. The van der Waals surface area contributed by atoms with Crippen LogP contribution in [0.4, 0.5) is 22.7 Å². The van der Waals surface area contributed by atoms with Gasteiger partial charge in [0.05, 0.1) is 30.2 Å². The van der Waals surface area contributed by atoms with Crippen molar-refractivity contribution in [3.8, 4) is 28.7 Å². The third-order valence-electron chi connectivity index (χ3n) is 5.54. The fourth-order valence-electron chi connectivity index (χ4n) is 3.64. The van der Waals surface area contributed by atoms with Crippen molar-refractivity contribution in [3.63, 3.8) is 0 Å². The Morgan fingerprint density at radius 1 is 0.683 bits per heavy atom. The Hall–Kier alpha value is -4.84. The lowest BCUT2D eigenvalue weighted by molar-refractivity contribution is 0.405. The summed E-state index contributed by atoms with van der Waals surface area (Å²) in [6.45, 7) is 0. The van der Waals surface area contributed by atoms with E-state index in [2.05, 4.69) is 20.5 Å². The maximum Gasteiger partial charge on any atom is 0.296 e. The zero-order valence-electron chi connectivity index (χ0n) is 21.0. The second-order valence-corrected chi connectivity index (χ2v) is 11.0. The highest BCUT2D eigenvalue weighted by atomic mass is 32.2. The molecule has 0 saturated heterocycles. The predicted molar refractivity (Wildman–Crippen MR) is 143 cm³/mol. The van der Waals surface area contributed by atoms with E-state index in [4.69, 9.17) is 9.47 Å². The van der Waals surface area contributed by atoms with Crippen molar-refractivity contribution in [3.05, 3.63) is 54.6 Å². The van der Waals surface area contributed by atoms with Crippen LogP contribution in [0.5, 0.6) is 28.7 Å². The molecule has 0 unspecified atom stereocenters. The third kappa shape index (κ3) is 6.17. The minimum atomic E-state index is -5.09. The lowest BCUT2D eigenvalue weighted by Crippen LogP contribution is -2.01. The van der Waals surface area contributed by atoms with Crippen LogP contribution < -0.4 is 9.47 Å². The molecule has 0 aliphatic heterocycles. The molecule has 0 radical (unpaired) electrons. The van der Waals surface area contributed by atoms with Gasteiger partial charge in [0.2, 0.25) is 0 Å². The summed E-state index contributed by atoms with van der Waals surface area (Å²) in [5, 5.41) is 45.6. The highest BCUT2D eigenvalue weighted by molar-refractivity contribution is 7.86. The van der Waals surface area contributed by atoms with Crippen LogP contribution in [0, 0.1) is 0 Å². The van der Waals surface area contributed by atoms with Crippen LogP contribution >= 0.6 is 0 Å². The van der Waals surface area contributed by atoms with Gasteiger partial charge in [0, 0.05) is 18.2 Å². The van der Waals surface area contributed by atoms with Gasteiger partial charge in [-0.25, -0.2) is 0 Å². The maximum absolute atomic E-state index is 12.1. The molecule has 4 aromatic carbocycles. The van der Waals surface area contributed by atoms with Crippen LogP contribution in [0.3, 0.4) is 0 Å². The molecule has 5 N–H and O–H groups in total. The van der Waals surface area contributed by atoms with E-state index in [1.165, 1.54) is 50.6 Å². The maximum atomic E-state index is 12.1. The fourth-order valence-corrected chi connectivity index (χ4v) is 4.83. The van der Waals surface area contributed by atoms with Crippen molar-refractivity contribution in [2.45, 2.75) is 9.79 Å². The van der Waals surface area contributed by atoms with Crippen LogP contribution in [0.15, 0.2) is 84.8 Å². The summed E-state index contributed by atoms with van der Waals surface area (Å²) in [5.41, 5.74) is -0.223. The van der Waals surface area contributed by atoms with Crippen molar-refractivity contribution in [2.75, 3.05) is 14.2 Å². The lowest BCUT2D eigenvalue weighted by Gasteiger charge is -2.12. The van der Waals surface area contributed by atoms with Crippen LogP contribution in [0.2, 0.25) is 0 Å². The number of azo groups is 2. The van der Waals surface area contributed by atoms with E-state index in [0.717, 1.165) is 12.1 Å². The van der Waals surface area contributed by atoms with E-state index < -0.39 is 52.6 Å². The summed E-state index contributed by atoms with van der Waals surface area (Å²) in [7, 11) is -7.28. The van der Waals surface area contributed by atoms with E-state index in [9.17, 15) is 41.3 Å². The van der Waals surface area contributed by atoms with Gasteiger partial charge in [-0.15, -0.1) is 15.3 Å². The van der Waals surface area contributed by atoms with Gasteiger partial charge < -0.3 is 24.8 Å². The van der Waals surface area contributed by atoms with E-state index >= 15 is 0 Å². The average molecular weight is 605 g/mol. The zero-order valence-corrected chi connectivity index (χ0v) is 22.6. The molecule has 0 spiro atoms. The Balaban J connectivity index is 1.85. The standard InChI is InChI=1S/C24H20N4O11S2/c1-38-19-11-17(20(39-2)10-16(19)26-25-13-3-5-14(29)6-4-13)27-28-23-21(41(35,36)37)8-12-7-15(40(32,33)34)9-18(30)22(12)24(23)31/h3-11,29-31H,1-2H3,(H,32,33,34)(H,35,36,37). The quantitative estimate of drug-likeness (QED) is 0.128. The van der Waals surface area contributed by atoms with Gasteiger partial charge in [0.15, 0.2) is 5.75 Å². The molecule has 0 amide bonds. The van der Waals surface area contributed by atoms with Gasteiger partial charge in [-0.2, -0.15) is 21.9 Å². The number of benzene rings is 4. The molecule has 0 saturated carbocycles. The van der Waals surface area contributed by atoms with Gasteiger partial charge in [0.25, 0.3) is 20.2 Å². The molecule has 0 aromatic heterocycles. The molecule has 4 aromatic rings. The summed E-state index contributed by atoms with van der Waals surface area (Å²) in [4.78, 5) is -1.78. The first-order valence-electron chi connectivity index (χ1n) is 11.1. The molecule has 4 rings (SSSR count). The number of phenolic OH excluding ortho intramolecular Hbond substituents is 3. The number of hydrogen-bond acceptors (Lipinski definition) is 13. The molecule has 0 aliphatic rings. The number of rotatable bonds is 8. The Morgan fingerprint density at radius 3 is 1.76 bits per heavy atom. The lowest BCUT2D eigenvalue weighted by atomic mass is 10.1. The molecule has 15 nitrogen and oxygen atoms in total. The molecular formula is C24H20N4O11S2. The van der Waals surface area contributed by atoms with Crippen molar-refractivity contribution >= 4 is 53.8 Å². The number of methoxy groups -OCH3 is 2. The summed E-state index contributed by atoms with van der Waals surface area (Å²) in [6.07, 6.45) is 0. The van der Waals surface area contributed by atoms with E-state index in [-0.39, 0.29) is 34.0 Å². The normalized spacial score (nSPS) is 12.4. The SMILES string of the molecule is COc1cc(N=Nc2c(S(=O)(=O)O)cc3cc(S(=O)(=O)O)cc(O)c3c2O)c(OC)cc1N=Nc1ccc(O)cc1. The summed E-state index contributed by atoms with van der Waals surface area (Å²) in [6, 6.07) is 10.7. The topological polar surface area (TPSA) is 237 Å². The van der Waals surface area contributed by atoms with Crippen LogP contribution in [0.25, 0.3) is 10.8 Å². The van der Waals surface area contributed by atoms with Crippen molar-refractivity contribution in [2.24, 2.45) is 20.5 Å². The number of aromatic hydroxyl groups is 3. The molecule has 17 heteroatoms. The van der Waals surface area contributed by atoms with Crippen LogP contribution in [-0.4, -0.2) is 55.5 Å². The Morgan fingerprint density at radius 2 is 1.24 bits per heavy atom. The van der Waals surface area contributed by atoms with E-state index in [1.807, 2.05) is 0 Å². The number of fused-ring (bicyclic) bond motifs is 1. The van der Waals surface area contributed by atoms with Gasteiger partial charge >= 0.3 is 0 Å². The monoisotopic (exact) mass is 604 g/mol. The number of nitrogens with zero attached hydrogens (tertiary/aromatic N) is 4. The summed E-state index contributed by atoms with van der Waals surface area (Å²) >= 11 is 0. The molecule has 41 heavy (non-hydrogen) atoms. The van der Waals surface area contributed by atoms with E-state index in [0.29, 0.717) is 11.8 Å².